The summed E-state index contributed by atoms with van der Waals surface area (Å²) in [6.07, 6.45) is 6.36. The minimum absolute atomic E-state index is 0.00485. The number of carbonyl (C=O) groups is 4. The van der Waals surface area contributed by atoms with Gasteiger partial charge in [-0.05, 0) is 48.9 Å². The van der Waals surface area contributed by atoms with Crippen LogP contribution in [-0.2, 0) is 9.47 Å². The van der Waals surface area contributed by atoms with Crippen LogP contribution in [0.15, 0.2) is 81.5 Å². The molecule has 18 heteroatoms. The van der Waals surface area contributed by atoms with E-state index in [1.54, 1.807) is 60.6 Å². The molecule has 0 saturated carbocycles. The maximum atomic E-state index is 12.7. The number of thiophene rings is 2. The standard InChI is InChI=1S/2C20H20N4O4S/c2*1-2-28-20(27)16-17(13-5-6-21-12-14(13)22-18(16)25)23-7-9-24(10-8-23)19(26)15-4-3-11-29-15/h2*3-6,11-12H,2,7-10H2,1H3,(H,22,25). The first-order valence-corrected chi connectivity index (χ1v) is 20.5. The van der Waals surface area contributed by atoms with Gasteiger partial charge in [0, 0.05) is 75.5 Å². The van der Waals surface area contributed by atoms with E-state index in [1.807, 2.05) is 44.8 Å². The smallest absolute Gasteiger partial charge is 0.345 e. The van der Waals surface area contributed by atoms with Gasteiger partial charge in [0.05, 0.1) is 57.8 Å². The van der Waals surface area contributed by atoms with Crippen LogP contribution in [0.3, 0.4) is 0 Å². The van der Waals surface area contributed by atoms with Crippen LogP contribution < -0.4 is 20.9 Å². The molecule has 2 saturated heterocycles. The van der Waals surface area contributed by atoms with Crippen molar-refractivity contribution in [3.63, 3.8) is 0 Å². The second-order valence-electron chi connectivity index (χ2n) is 13.2. The van der Waals surface area contributed by atoms with Crippen LogP contribution >= 0.6 is 22.7 Å². The zero-order valence-corrected chi connectivity index (χ0v) is 33.4. The molecule has 2 aliphatic rings. The maximum Gasteiger partial charge on any atom is 0.345 e. The van der Waals surface area contributed by atoms with Crippen molar-refractivity contribution in [1.29, 1.82) is 0 Å². The number of nitrogens with one attached hydrogen (secondary N) is 2. The summed E-state index contributed by atoms with van der Waals surface area (Å²) in [5.74, 6) is -1.30. The van der Waals surface area contributed by atoms with E-state index in [1.165, 1.54) is 22.7 Å². The van der Waals surface area contributed by atoms with Crippen LogP contribution in [0.5, 0.6) is 0 Å². The number of rotatable bonds is 8. The molecule has 2 N–H and O–H groups in total. The molecule has 2 fully saturated rings. The Morgan fingerprint density at radius 3 is 1.36 bits per heavy atom. The molecule has 0 aromatic carbocycles. The summed E-state index contributed by atoms with van der Waals surface area (Å²) in [5, 5.41) is 5.21. The van der Waals surface area contributed by atoms with E-state index in [0.717, 1.165) is 10.8 Å². The number of hydrogen-bond acceptors (Lipinski definition) is 14. The zero-order chi connectivity index (χ0) is 40.8. The monoisotopic (exact) mass is 824 g/mol. The average Bonchev–Trinajstić information content (AvgIpc) is 3.99. The van der Waals surface area contributed by atoms with Gasteiger partial charge in [-0.25, -0.2) is 9.59 Å². The molecule has 0 bridgehead atoms. The lowest BCUT2D eigenvalue weighted by Gasteiger charge is -2.37. The third-order valence-corrected chi connectivity index (χ3v) is 11.5. The number of esters is 2. The summed E-state index contributed by atoms with van der Waals surface area (Å²) in [4.78, 5) is 98.2. The highest BCUT2D eigenvalue weighted by Crippen LogP contribution is 2.31. The third kappa shape index (κ3) is 8.19. The van der Waals surface area contributed by atoms with Crippen molar-refractivity contribution < 1.29 is 28.7 Å². The van der Waals surface area contributed by atoms with Gasteiger partial charge in [-0.2, -0.15) is 0 Å². The molecule has 8 rings (SSSR count). The van der Waals surface area contributed by atoms with Crippen molar-refractivity contribution in [1.82, 2.24) is 29.7 Å². The van der Waals surface area contributed by atoms with E-state index in [0.29, 0.717) is 84.5 Å². The highest BCUT2D eigenvalue weighted by Gasteiger charge is 2.31. The number of fused-ring (bicyclic) bond motifs is 2. The molecular formula is C40H40N8O8S2. The van der Waals surface area contributed by atoms with E-state index >= 15 is 0 Å². The first-order chi connectivity index (χ1) is 28.2. The second-order valence-corrected chi connectivity index (χ2v) is 15.0. The zero-order valence-electron chi connectivity index (χ0n) is 31.8. The van der Waals surface area contributed by atoms with Crippen molar-refractivity contribution in [2.45, 2.75) is 13.8 Å². The molecule has 0 unspecified atom stereocenters. The predicted octanol–water partition coefficient (Wildman–Crippen LogP) is 4.25. The summed E-state index contributed by atoms with van der Waals surface area (Å²) in [6, 6.07) is 10.9. The van der Waals surface area contributed by atoms with Crippen molar-refractivity contribution in [3.8, 4) is 0 Å². The lowest BCUT2D eigenvalue weighted by atomic mass is 10.1. The largest absolute Gasteiger partial charge is 0.462 e. The Labute approximate surface area is 339 Å². The van der Waals surface area contributed by atoms with Crippen molar-refractivity contribution in [2.24, 2.45) is 0 Å². The number of H-pyrrole nitrogens is 2. The Balaban J connectivity index is 0.000000177. The molecule has 0 aliphatic carbocycles. The predicted molar refractivity (Wildman–Crippen MR) is 222 cm³/mol. The molecule has 0 spiro atoms. The number of pyridine rings is 4. The van der Waals surface area contributed by atoms with Crippen LogP contribution in [-0.4, -0.2) is 119 Å². The topological polar surface area (TPSA) is 191 Å². The van der Waals surface area contributed by atoms with Crippen LogP contribution in [0.4, 0.5) is 11.4 Å². The summed E-state index contributed by atoms with van der Waals surface area (Å²) in [5.41, 5.74) is 1.15. The molecule has 2 amide bonds. The summed E-state index contributed by atoms with van der Waals surface area (Å²) in [6.45, 7) is 7.76. The Kier molecular flexibility index (Phi) is 12.2. The number of carbonyl (C=O) groups excluding carboxylic acids is 4. The lowest BCUT2D eigenvalue weighted by Crippen LogP contribution is -2.49. The third-order valence-electron chi connectivity index (χ3n) is 9.77. The van der Waals surface area contributed by atoms with E-state index in [4.69, 9.17) is 9.47 Å². The molecule has 58 heavy (non-hydrogen) atoms. The number of anilines is 2. The minimum Gasteiger partial charge on any atom is -0.462 e. The number of ether oxygens (including phenoxy) is 2. The van der Waals surface area contributed by atoms with E-state index in [-0.39, 0.29) is 36.2 Å². The van der Waals surface area contributed by atoms with E-state index < -0.39 is 23.1 Å². The highest BCUT2D eigenvalue weighted by atomic mass is 32.1. The fourth-order valence-electron chi connectivity index (χ4n) is 7.08. The number of aromatic amines is 2. The first-order valence-electron chi connectivity index (χ1n) is 18.7. The number of amides is 2. The van der Waals surface area contributed by atoms with Gasteiger partial charge in [0.2, 0.25) is 0 Å². The van der Waals surface area contributed by atoms with Crippen molar-refractivity contribution in [2.75, 3.05) is 75.4 Å². The van der Waals surface area contributed by atoms with Gasteiger partial charge in [0.15, 0.2) is 0 Å². The van der Waals surface area contributed by atoms with Crippen molar-refractivity contribution in [3.05, 3.63) is 114 Å². The number of hydrogen-bond donors (Lipinski definition) is 2. The maximum absolute atomic E-state index is 12.7. The van der Waals surface area contributed by atoms with Gasteiger partial charge in [-0.1, -0.05) is 12.1 Å². The summed E-state index contributed by atoms with van der Waals surface area (Å²) >= 11 is 2.84. The van der Waals surface area contributed by atoms with Crippen molar-refractivity contribution >= 4 is 79.6 Å². The van der Waals surface area contributed by atoms with E-state index in [2.05, 4.69) is 19.9 Å². The Morgan fingerprint density at radius 2 is 1.02 bits per heavy atom. The lowest BCUT2D eigenvalue weighted by molar-refractivity contribution is 0.0515. The van der Waals surface area contributed by atoms with Gasteiger partial charge in [0.25, 0.3) is 22.9 Å². The normalized spacial score (nSPS) is 14.2. The van der Waals surface area contributed by atoms with Crippen LogP contribution in [0, 0.1) is 0 Å². The fourth-order valence-corrected chi connectivity index (χ4v) is 8.46. The van der Waals surface area contributed by atoms with Gasteiger partial charge < -0.3 is 39.0 Å². The number of aromatic nitrogens is 4. The molecule has 2 aliphatic heterocycles. The minimum atomic E-state index is -0.653. The number of nitrogens with zero attached hydrogens (tertiary/aromatic N) is 6. The Bertz CT molecular complexity index is 2380. The molecule has 0 radical (unpaired) electrons. The van der Waals surface area contributed by atoms with Gasteiger partial charge in [0.1, 0.15) is 11.1 Å². The van der Waals surface area contributed by atoms with Gasteiger partial charge >= 0.3 is 11.9 Å². The van der Waals surface area contributed by atoms with Gasteiger partial charge in [-0.15, -0.1) is 22.7 Å². The summed E-state index contributed by atoms with van der Waals surface area (Å²) < 4.78 is 10.3. The van der Waals surface area contributed by atoms with Crippen LogP contribution in [0.2, 0.25) is 0 Å². The SMILES string of the molecule is CCOC(=O)c1c(N2CCN(C(=O)c3cccs3)CC2)c2ccncc2[nH]c1=O.CCOC(=O)c1c(N2CCN(C(=O)c3cccs3)CC2)c2ccncc2[nH]c1=O. The summed E-state index contributed by atoms with van der Waals surface area (Å²) in [7, 11) is 0. The van der Waals surface area contributed by atoms with Crippen LogP contribution in [0.1, 0.15) is 53.9 Å². The Morgan fingerprint density at radius 1 is 0.621 bits per heavy atom. The molecule has 6 aromatic rings. The van der Waals surface area contributed by atoms with Crippen LogP contribution in [0.25, 0.3) is 21.8 Å². The second kappa shape index (κ2) is 17.8. The molecule has 8 heterocycles. The Hall–Kier alpha value is -6.40. The van der Waals surface area contributed by atoms with Gasteiger partial charge in [-0.3, -0.25) is 29.1 Å². The number of piperazine rings is 2. The average molecular weight is 825 g/mol. The molecule has 300 valence electrons. The fraction of sp³-hybridized carbons (Fsp3) is 0.300. The highest BCUT2D eigenvalue weighted by molar-refractivity contribution is 7.12. The quantitative estimate of drug-likeness (QED) is 0.208. The molecule has 0 atom stereocenters. The molecule has 16 nitrogen and oxygen atoms in total. The first kappa shape index (κ1) is 39.8. The molecule has 6 aromatic heterocycles. The molecular weight excluding hydrogens is 785 g/mol. The van der Waals surface area contributed by atoms with E-state index in [9.17, 15) is 28.8 Å².